The Balaban J connectivity index is 0.000000791. The molecule has 0 amide bonds. The molecule has 0 saturated heterocycles. The zero-order valence-electron chi connectivity index (χ0n) is 7.38. The molecule has 1 aromatic rings. The van der Waals surface area contributed by atoms with Crippen molar-refractivity contribution in [2.24, 2.45) is 16.2 Å². The van der Waals surface area contributed by atoms with E-state index in [1.54, 1.807) is 12.1 Å². The van der Waals surface area contributed by atoms with Gasteiger partial charge in [-0.1, -0.05) is 11.6 Å². The molecule has 0 unspecified atom stereocenters. The van der Waals surface area contributed by atoms with Crippen molar-refractivity contribution in [1.29, 1.82) is 0 Å². The SMILES string of the molecule is NN=NCCc1c[c-]c(O)cc1.[O]=[W]. The van der Waals surface area contributed by atoms with E-state index in [1.165, 1.54) is 0 Å². The fraction of sp³-hybridized carbons (Fsp3) is 0.250. The number of rotatable bonds is 3. The number of nitrogens with two attached hydrogens (primary N) is 1. The van der Waals surface area contributed by atoms with Crippen LogP contribution < -0.4 is 5.84 Å². The Morgan fingerprint density at radius 2 is 2.21 bits per heavy atom. The summed E-state index contributed by atoms with van der Waals surface area (Å²) in [6, 6.07) is 7.81. The Kier molecular flexibility index (Phi) is 7.84. The van der Waals surface area contributed by atoms with Crippen LogP contribution >= 0.6 is 0 Å². The van der Waals surface area contributed by atoms with Gasteiger partial charge in [-0.2, -0.15) is 22.8 Å². The number of benzene rings is 1. The second-order valence-electron chi connectivity index (χ2n) is 2.31. The van der Waals surface area contributed by atoms with Crippen LogP contribution in [-0.4, -0.2) is 11.7 Å². The molecule has 76 valence electrons. The van der Waals surface area contributed by atoms with Gasteiger partial charge in [-0.05, 0) is 0 Å². The van der Waals surface area contributed by atoms with Crippen LogP contribution in [0.4, 0.5) is 0 Å². The first-order valence-corrected chi connectivity index (χ1v) is 4.95. The van der Waals surface area contributed by atoms with E-state index in [4.69, 9.17) is 14.3 Å². The molecule has 6 heteroatoms. The van der Waals surface area contributed by atoms with Gasteiger partial charge < -0.3 is 10.9 Å². The van der Waals surface area contributed by atoms with Crippen molar-refractivity contribution in [3.8, 4) is 5.75 Å². The van der Waals surface area contributed by atoms with E-state index < -0.39 is 0 Å². The van der Waals surface area contributed by atoms with Crippen LogP contribution in [0.5, 0.6) is 5.75 Å². The van der Waals surface area contributed by atoms with E-state index in [0.29, 0.717) is 26.3 Å². The summed E-state index contributed by atoms with van der Waals surface area (Å²) in [6.07, 6.45) is 0.761. The Bertz CT molecular complexity index is 276. The normalized spacial score (nSPS) is 9.43. The van der Waals surface area contributed by atoms with Crippen LogP contribution in [-0.2, 0) is 29.6 Å². The molecule has 1 aromatic carbocycles. The Morgan fingerprint density at radius 3 is 2.71 bits per heavy atom. The van der Waals surface area contributed by atoms with E-state index in [2.05, 4.69) is 16.4 Å². The van der Waals surface area contributed by atoms with Crippen LogP contribution in [0.15, 0.2) is 28.5 Å². The fourth-order valence-electron chi connectivity index (χ4n) is 0.841. The minimum absolute atomic E-state index is 0.152. The summed E-state index contributed by atoms with van der Waals surface area (Å²) in [5.74, 6) is 4.98. The predicted molar refractivity (Wildman–Crippen MR) is 45.2 cm³/mol. The van der Waals surface area contributed by atoms with E-state index >= 15 is 0 Å². The van der Waals surface area contributed by atoms with Crippen LogP contribution in [0.2, 0.25) is 0 Å². The van der Waals surface area contributed by atoms with Gasteiger partial charge in [0.2, 0.25) is 0 Å². The van der Waals surface area contributed by atoms with Crippen LogP contribution in [0.1, 0.15) is 5.56 Å². The third kappa shape index (κ3) is 5.54. The van der Waals surface area contributed by atoms with Crippen molar-refractivity contribution < 1.29 is 28.3 Å². The summed E-state index contributed by atoms with van der Waals surface area (Å²) in [6.45, 7) is 0.565. The quantitative estimate of drug-likeness (QED) is 0.362. The fourth-order valence-corrected chi connectivity index (χ4v) is 0.841. The van der Waals surface area contributed by atoms with E-state index in [0.717, 1.165) is 12.0 Å². The molecule has 0 spiro atoms. The Hall–Kier alpha value is -1.09. The predicted octanol–water partition coefficient (Wildman–Crippen LogP) is 0.939. The van der Waals surface area contributed by atoms with E-state index in [1.807, 2.05) is 6.07 Å². The first-order valence-electron chi connectivity index (χ1n) is 3.76. The summed E-state index contributed by atoms with van der Waals surface area (Å²) in [5.41, 5.74) is 1.06. The maximum absolute atomic E-state index is 8.91. The molecule has 0 saturated carbocycles. The molecule has 0 aromatic heterocycles. The van der Waals surface area contributed by atoms with Gasteiger partial charge in [0.25, 0.3) is 0 Å². The third-order valence-corrected chi connectivity index (χ3v) is 1.44. The van der Waals surface area contributed by atoms with E-state index in [-0.39, 0.29) is 5.75 Å². The Labute approximate surface area is 93.2 Å². The molecule has 0 fully saturated rings. The molecule has 0 aliphatic rings. The van der Waals surface area contributed by atoms with Gasteiger partial charge in [0.1, 0.15) is 0 Å². The van der Waals surface area contributed by atoms with Gasteiger partial charge in [-0.15, -0.1) is 12.1 Å². The van der Waals surface area contributed by atoms with E-state index in [9.17, 15) is 0 Å². The first-order chi connectivity index (χ1) is 6.83. The summed E-state index contributed by atoms with van der Waals surface area (Å²) in [7, 11) is 0. The van der Waals surface area contributed by atoms with Crippen molar-refractivity contribution in [3.05, 3.63) is 29.8 Å². The first kappa shape index (κ1) is 12.9. The molecule has 0 bridgehead atoms. The van der Waals surface area contributed by atoms with Crippen molar-refractivity contribution in [2.75, 3.05) is 6.54 Å². The zero-order chi connectivity index (χ0) is 10.8. The van der Waals surface area contributed by atoms with Gasteiger partial charge in [0, 0.05) is 5.75 Å². The number of phenolic OH excluding ortho intramolecular Hbond substituents is 1. The summed E-state index contributed by atoms with van der Waals surface area (Å²) >= 11 is 0.333. The zero-order valence-corrected chi connectivity index (χ0v) is 10.3. The maximum atomic E-state index is 8.91. The number of aromatic hydroxyl groups is 1. The van der Waals surface area contributed by atoms with Gasteiger partial charge >= 0.3 is 23.2 Å². The topological polar surface area (TPSA) is 88.0 Å². The average molecular weight is 364 g/mol. The molecule has 14 heavy (non-hydrogen) atoms. The van der Waals surface area contributed by atoms with Gasteiger partial charge in [-0.3, -0.25) is 0 Å². The third-order valence-electron chi connectivity index (χ3n) is 1.44. The van der Waals surface area contributed by atoms with Crippen molar-refractivity contribution >= 4 is 0 Å². The van der Waals surface area contributed by atoms with Gasteiger partial charge in [-0.25, -0.2) is 0 Å². The van der Waals surface area contributed by atoms with Gasteiger partial charge in [0.05, 0.1) is 6.54 Å². The minimum atomic E-state index is 0.152. The Morgan fingerprint density at radius 1 is 1.50 bits per heavy atom. The summed E-state index contributed by atoms with van der Waals surface area (Å²) in [5, 5.41) is 15.7. The molecule has 0 aliphatic carbocycles. The van der Waals surface area contributed by atoms with Crippen LogP contribution in [0.3, 0.4) is 0 Å². The second-order valence-corrected chi connectivity index (χ2v) is 2.31. The molecular formula is C8H10N3O2W-. The number of hydrogen-bond donors (Lipinski definition) is 2. The monoisotopic (exact) mass is 364 g/mol. The van der Waals surface area contributed by atoms with Gasteiger partial charge in [0.15, 0.2) is 0 Å². The number of nitrogens with zero attached hydrogens (tertiary/aromatic N) is 2. The molecule has 0 radical (unpaired) electrons. The summed E-state index contributed by atoms with van der Waals surface area (Å²) < 4.78 is 8.33. The number of hydrogen-bond acceptors (Lipinski definition) is 4. The van der Waals surface area contributed by atoms with Crippen molar-refractivity contribution in [3.63, 3.8) is 0 Å². The summed E-state index contributed by atoms with van der Waals surface area (Å²) in [4.78, 5) is 0. The standard InChI is InChI=1S/C8H10N3O.O.W/c9-11-10-6-5-7-1-3-8(12)4-2-7;;/h1-3,12H,5-6H2,(H2,9,10);;/q-1;;. The van der Waals surface area contributed by atoms with Crippen LogP contribution in [0.25, 0.3) is 0 Å². The van der Waals surface area contributed by atoms with Crippen LogP contribution in [0, 0.1) is 6.07 Å². The molecule has 3 N–H and O–H groups in total. The van der Waals surface area contributed by atoms with Crippen molar-refractivity contribution in [1.82, 2.24) is 0 Å². The molecular weight excluding hydrogens is 354 g/mol. The molecule has 0 aliphatic heterocycles. The molecule has 0 heterocycles. The molecule has 5 nitrogen and oxygen atoms in total. The number of phenols is 1. The molecule has 0 atom stereocenters. The second kappa shape index (κ2) is 8.50. The average Bonchev–Trinajstić information content (AvgIpc) is 2.24. The molecule has 1 rings (SSSR count). The van der Waals surface area contributed by atoms with Crippen molar-refractivity contribution in [2.45, 2.75) is 6.42 Å².